The van der Waals surface area contributed by atoms with Gasteiger partial charge in [-0.15, -0.1) is 0 Å². The van der Waals surface area contributed by atoms with Crippen molar-refractivity contribution in [1.29, 1.82) is 0 Å². The fourth-order valence-corrected chi connectivity index (χ4v) is 9.66. The normalized spacial score (nSPS) is 12.2. The van der Waals surface area contributed by atoms with Crippen molar-refractivity contribution in [3.05, 3.63) is 35.7 Å². The minimum atomic E-state index is -1.88. The highest BCUT2D eigenvalue weighted by Gasteiger charge is 2.44. The van der Waals surface area contributed by atoms with E-state index in [2.05, 4.69) is 68.6 Å². The van der Waals surface area contributed by atoms with Crippen molar-refractivity contribution in [2.75, 3.05) is 7.11 Å². The molecule has 0 fully saturated rings. The van der Waals surface area contributed by atoms with E-state index < -0.39 is 8.32 Å². The summed E-state index contributed by atoms with van der Waals surface area (Å²) in [6.45, 7) is 14.4. The number of methoxy groups -OCH3 is 1. The fourth-order valence-electron chi connectivity index (χ4n) is 4.24. The molecule has 0 unspecified atom stereocenters. The molecule has 0 bridgehead atoms. The quantitative estimate of drug-likeness (QED) is 0.373. The van der Waals surface area contributed by atoms with Crippen LogP contribution < -0.4 is 0 Å². The van der Waals surface area contributed by atoms with Crippen molar-refractivity contribution < 1.29 is 18.5 Å². The molecule has 0 saturated carbocycles. The van der Waals surface area contributed by atoms with E-state index in [0.717, 1.165) is 11.1 Å². The number of rotatable bonds is 10. The van der Waals surface area contributed by atoms with Gasteiger partial charge in [-0.3, -0.25) is 4.79 Å². The van der Waals surface area contributed by atoms with Crippen molar-refractivity contribution in [2.45, 2.75) is 77.6 Å². The molecule has 1 aromatic carbocycles. The van der Waals surface area contributed by atoms with Gasteiger partial charge in [0.15, 0.2) is 0 Å². The highest BCUT2D eigenvalue weighted by Crippen LogP contribution is 2.42. The number of esters is 1. The van der Waals surface area contributed by atoms with Gasteiger partial charge in [0.2, 0.25) is 20.0 Å². The Bertz CT molecular complexity index is 763. The van der Waals surface area contributed by atoms with E-state index in [4.69, 9.17) is 8.95 Å². The first kappa shape index (κ1) is 23.3. The molecular formula is C22H34N2O4Si. The van der Waals surface area contributed by atoms with E-state index in [1.54, 1.807) is 0 Å². The number of benzene rings is 1. The minimum Gasteiger partial charge on any atom is -0.469 e. The van der Waals surface area contributed by atoms with Crippen LogP contribution in [0.15, 0.2) is 28.8 Å². The van der Waals surface area contributed by atoms with Gasteiger partial charge in [-0.05, 0) is 22.2 Å². The number of ether oxygens (including phenoxy) is 1. The Morgan fingerprint density at radius 3 is 2.14 bits per heavy atom. The van der Waals surface area contributed by atoms with Crippen LogP contribution in [-0.4, -0.2) is 31.5 Å². The third kappa shape index (κ3) is 5.54. The molecule has 0 spiro atoms. The zero-order valence-electron chi connectivity index (χ0n) is 18.7. The molecule has 0 aliphatic heterocycles. The van der Waals surface area contributed by atoms with Gasteiger partial charge in [0.25, 0.3) is 0 Å². The molecule has 1 aromatic heterocycles. The number of carbonyl (C=O) groups excluding carboxylic acids is 1. The van der Waals surface area contributed by atoms with E-state index in [1.165, 1.54) is 7.11 Å². The van der Waals surface area contributed by atoms with Crippen LogP contribution in [0.25, 0.3) is 11.4 Å². The molecule has 1 heterocycles. The summed E-state index contributed by atoms with van der Waals surface area (Å²) in [5.74, 6) is 0.657. The van der Waals surface area contributed by atoms with Gasteiger partial charge >= 0.3 is 5.97 Å². The Hall–Kier alpha value is -1.99. The van der Waals surface area contributed by atoms with Gasteiger partial charge in [0.1, 0.15) is 0 Å². The number of hydrogen-bond donors (Lipinski definition) is 0. The summed E-state index contributed by atoms with van der Waals surface area (Å²) in [7, 11) is -0.520. The van der Waals surface area contributed by atoms with Crippen LogP contribution in [-0.2, 0) is 27.0 Å². The summed E-state index contributed by atoms with van der Waals surface area (Å²) in [5.41, 5.74) is 3.70. The average Bonchev–Trinajstić information content (AvgIpc) is 3.15. The Labute approximate surface area is 175 Å². The van der Waals surface area contributed by atoms with Crippen LogP contribution in [0.5, 0.6) is 0 Å². The molecule has 0 saturated heterocycles. The van der Waals surface area contributed by atoms with Crippen LogP contribution in [0.4, 0.5) is 0 Å². The fraction of sp³-hybridized carbons (Fsp3) is 0.591. The van der Waals surface area contributed by atoms with E-state index in [0.29, 0.717) is 41.4 Å². The number of carbonyl (C=O) groups is 1. The van der Waals surface area contributed by atoms with Gasteiger partial charge in [-0.25, -0.2) is 0 Å². The standard InChI is InChI=1S/C22H34N2O4Si/c1-15(2)29(16(3)4,17(5)6)27-14-18-8-10-19(11-9-18)22-23-20(28-24-22)12-13-21(25)26-7/h8-11,15-17H,12-14H2,1-7H3. The van der Waals surface area contributed by atoms with E-state index >= 15 is 0 Å². The topological polar surface area (TPSA) is 74.5 Å². The van der Waals surface area contributed by atoms with Gasteiger partial charge in [-0.1, -0.05) is 71.0 Å². The van der Waals surface area contributed by atoms with Crippen molar-refractivity contribution in [1.82, 2.24) is 10.1 Å². The zero-order chi connectivity index (χ0) is 21.6. The van der Waals surface area contributed by atoms with Crippen LogP contribution in [0, 0.1) is 0 Å². The Kier molecular flexibility index (Phi) is 8.16. The Balaban J connectivity index is 2.05. The van der Waals surface area contributed by atoms with E-state index in [-0.39, 0.29) is 12.4 Å². The lowest BCUT2D eigenvalue weighted by molar-refractivity contribution is -0.140. The molecule has 2 rings (SSSR count). The first-order valence-electron chi connectivity index (χ1n) is 10.3. The van der Waals surface area contributed by atoms with Crippen LogP contribution in [0.1, 0.15) is 59.4 Å². The first-order chi connectivity index (χ1) is 13.7. The molecule has 6 nitrogen and oxygen atoms in total. The number of aryl methyl sites for hydroxylation is 1. The second-order valence-corrected chi connectivity index (χ2v) is 13.9. The van der Waals surface area contributed by atoms with Crippen LogP contribution >= 0.6 is 0 Å². The molecule has 7 heteroatoms. The molecule has 160 valence electrons. The molecule has 0 N–H and O–H groups in total. The van der Waals surface area contributed by atoms with Crippen molar-refractivity contribution in [2.24, 2.45) is 0 Å². The first-order valence-corrected chi connectivity index (χ1v) is 12.5. The highest BCUT2D eigenvalue weighted by molar-refractivity contribution is 6.77. The maximum absolute atomic E-state index is 11.2. The van der Waals surface area contributed by atoms with Gasteiger partial charge in [0, 0.05) is 12.0 Å². The Morgan fingerprint density at radius 2 is 1.62 bits per heavy atom. The second-order valence-electron chi connectivity index (χ2n) is 8.39. The van der Waals surface area contributed by atoms with Gasteiger partial charge < -0.3 is 13.7 Å². The summed E-state index contributed by atoms with van der Waals surface area (Å²) in [6, 6.07) is 8.08. The molecular weight excluding hydrogens is 384 g/mol. The Morgan fingerprint density at radius 1 is 1.03 bits per heavy atom. The summed E-state index contributed by atoms with van der Waals surface area (Å²) < 4.78 is 16.5. The zero-order valence-corrected chi connectivity index (χ0v) is 19.7. The summed E-state index contributed by atoms with van der Waals surface area (Å²) in [5, 5.41) is 4.01. The largest absolute Gasteiger partial charge is 0.469 e. The van der Waals surface area contributed by atoms with Gasteiger partial charge in [-0.2, -0.15) is 4.98 Å². The van der Waals surface area contributed by atoms with Crippen LogP contribution in [0.3, 0.4) is 0 Å². The molecule has 0 aliphatic carbocycles. The SMILES string of the molecule is COC(=O)CCc1nc(-c2ccc(CO[Si](C(C)C)(C(C)C)C(C)C)cc2)no1. The lowest BCUT2D eigenvalue weighted by Crippen LogP contribution is -2.47. The average molecular weight is 419 g/mol. The second kappa shape index (κ2) is 10.2. The maximum atomic E-state index is 11.2. The van der Waals surface area contributed by atoms with E-state index in [9.17, 15) is 4.79 Å². The number of aromatic nitrogens is 2. The smallest absolute Gasteiger partial charge is 0.306 e. The van der Waals surface area contributed by atoms with Gasteiger partial charge in [0.05, 0.1) is 20.1 Å². The third-order valence-electron chi connectivity index (χ3n) is 5.65. The number of nitrogens with zero attached hydrogens (tertiary/aromatic N) is 2. The summed E-state index contributed by atoms with van der Waals surface area (Å²) >= 11 is 0. The maximum Gasteiger partial charge on any atom is 0.306 e. The predicted molar refractivity (Wildman–Crippen MR) is 116 cm³/mol. The molecule has 29 heavy (non-hydrogen) atoms. The van der Waals surface area contributed by atoms with E-state index in [1.807, 2.05) is 12.1 Å². The number of hydrogen-bond acceptors (Lipinski definition) is 6. The van der Waals surface area contributed by atoms with Crippen molar-refractivity contribution in [3.63, 3.8) is 0 Å². The minimum absolute atomic E-state index is 0.224. The predicted octanol–water partition coefficient (Wildman–Crippen LogP) is 5.53. The molecule has 0 aliphatic rings. The molecule has 0 atom stereocenters. The lowest BCUT2D eigenvalue weighted by atomic mass is 10.1. The summed E-state index contributed by atoms with van der Waals surface area (Å²) in [4.78, 5) is 15.6. The third-order valence-corrected chi connectivity index (χ3v) is 11.7. The summed E-state index contributed by atoms with van der Waals surface area (Å²) in [6.07, 6.45) is 0.597. The molecule has 0 amide bonds. The van der Waals surface area contributed by atoms with Crippen molar-refractivity contribution >= 4 is 14.3 Å². The monoisotopic (exact) mass is 418 g/mol. The lowest BCUT2D eigenvalue weighted by Gasteiger charge is -2.42. The van der Waals surface area contributed by atoms with Crippen molar-refractivity contribution in [3.8, 4) is 11.4 Å². The molecule has 0 radical (unpaired) electrons. The van der Waals surface area contributed by atoms with Crippen LogP contribution in [0.2, 0.25) is 16.6 Å². The molecule has 2 aromatic rings. The highest BCUT2D eigenvalue weighted by atomic mass is 28.4.